The van der Waals surface area contributed by atoms with Crippen molar-refractivity contribution < 1.29 is 19.4 Å². The summed E-state index contributed by atoms with van der Waals surface area (Å²) in [5.41, 5.74) is 0. The van der Waals surface area contributed by atoms with Gasteiger partial charge in [-0.05, 0) is 71.0 Å². The molecule has 1 N–H and O–H groups in total. The van der Waals surface area contributed by atoms with Gasteiger partial charge in [-0.1, -0.05) is 129 Å². The number of esters is 1. The molecule has 0 radical (unpaired) electrons. The van der Waals surface area contributed by atoms with Gasteiger partial charge in [0.25, 0.3) is 0 Å². The lowest BCUT2D eigenvalue weighted by Gasteiger charge is -2.22. The Morgan fingerprint density at radius 2 is 0.952 bits per heavy atom. The van der Waals surface area contributed by atoms with E-state index in [1.807, 2.05) is 0 Å². The molecular weight excluding hydrogens is 522 g/mol. The van der Waals surface area contributed by atoms with E-state index >= 15 is 0 Å². The van der Waals surface area contributed by atoms with Crippen molar-refractivity contribution in [3.8, 4) is 0 Å². The number of nitrogens with zero attached hydrogens (tertiary/aromatic N) is 1. The van der Waals surface area contributed by atoms with Crippen molar-refractivity contribution in [2.24, 2.45) is 5.92 Å². The van der Waals surface area contributed by atoms with Crippen molar-refractivity contribution in [2.45, 2.75) is 181 Å². The first-order chi connectivity index (χ1) is 20.7. The Labute approximate surface area is 263 Å². The molecule has 1 unspecified atom stereocenters. The normalized spacial score (nSPS) is 12.3. The molecule has 0 saturated carbocycles. The van der Waals surface area contributed by atoms with E-state index in [1.54, 1.807) is 7.11 Å². The third kappa shape index (κ3) is 29.4. The highest BCUT2D eigenvalue weighted by molar-refractivity contribution is 5.72. The summed E-state index contributed by atoms with van der Waals surface area (Å²) in [6, 6.07) is 0. The molecule has 0 saturated heterocycles. The van der Waals surface area contributed by atoms with Crippen LogP contribution < -0.4 is 0 Å². The maximum atomic E-state index is 13.0. The summed E-state index contributed by atoms with van der Waals surface area (Å²) in [5.74, 6) is 0.185. The molecule has 0 rings (SSSR count). The molecule has 0 amide bonds. The van der Waals surface area contributed by atoms with E-state index in [0.29, 0.717) is 13.2 Å². The Bertz CT molecular complexity index is 530. The van der Waals surface area contributed by atoms with Gasteiger partial charge in [-0.25, -0.2) is 0 Å². The zero-order valence-electron chi connectivity index (χ0n) is 28.8. The molecule has 252 valence electrons. The predicted molar refractivity (Wildman–Crippen MR) is 181 cm³/mol. The topological polar surface area (TPSA) is 59.0 Å². The number of aliphatic hydroxyl groups excluding tert-OH is 1. The summed E-state index contributed by atoms with van der Waals surface area (Å²) in [4.78, 5) is 15.6. The lowest BCUT2D eigenvalue weighted by molar-refractivity contribution is -0.149. The number of unbranched alkanes of at least 4 members (excludes halogenated alkanes) is 19. The Hall–Kier alpha value is -0.650. The van der Waals surface area contributed by atoms with E-state index in [1.165, 1.54) is 122 Å². The van der Waals surface area contributed by atoms with Gasteiger partial charge in [-0.15, -0.1) is 0 Å². The molecule has 5 nitrogen and oxygen atoms in total. The third-order valence-electron chi connectivity index (χ3n) is 8.71. The monoisotopic (exact) mass is 598 g/mol. The molecule has 0 aromatic carbocycles. The van der Waals surface area contributed by atoms with E-state index in [-0.39, 0.29) is 11.9 Å². The summed E-state index contributed by atoms with van der Waals surface area (Å²) in [5, 5.41) is 9.16. The van der Waals surface area contributed by atoms with Gasteiger partial charge in [-0.3, -0.25) is 4.79 Å². The van der Waals surface area contributed by atoms with E-state index in [0.717, 1.165) is 71.2 Å². The number of methoxy groups -OCH3 is 1. The van der Waals surface area contributed by atoms with Crippen LogP contribution in [0.15, 0.2) is 0 Å². The molecule has 0 fully saturated rings. The zero-order valence-corrected chi connectivity index (χ0v) is 28.8. The van der Waals surface area contributed by atoms with Gasteiger partial charge in [0.2, 0.25) is 0 Å². The summed E-state index contributed by atoms with van der Waals surface area (Å²) in [6.07, 6.45) is 31.6. The molecule has 0 spiro atoms. The smallest absolute Gasteiger partial charge is 0.308 e. The van der Waals surface area contributed by atoms with Crippen LogP contribution >= 0.6 is 0 Å². The van der Waals surface area contributed by atoms with Crippen LogP contribution in [0.5, 0.6) is 0 Å². The minimum absolute atomic E-state index is 0.0760. The summed E-state index contributed by atoms with van der Waals surface area (Å²) in [7, 11) is 1.78. The van der Waals surface area contributed by atoms with Crippen LogP contribution in [0.1, 0.15) is 181 Å². The minimum Gasteiger partial charge on any atom is -0.465 e. The van der Waals surface area contributed by atoms with Gasteiger partial charge in [0.05, 0.1) is 12.5 Å². The largest absolute Gasteiger partial charge is 0.465 e. The number of aliphatic hydroxyl groups is 1. The van der Waals surface area contributed by atoms with E-state index in [2.05, 4.69) is 18.7 Å². The second-order valence-electron chi connectivity index (χ2n) is 12.8. The standard InChI is InChI=1S/C37H75NO4/c1-4-6-8-10-12-13-15-21-29-36(28-20-14-11-9-7-5-2)37(40)42-35-27-19-17-23-31-38(32-24-25-33-39)30-22-16-18-26-34-41-3/h36,39H,4-35H2,1-3H3. The average Bonchev–Trinajstić information content (AvgIpc) is 2.99. The van der Waals surface area contributed by atoms with E-state index < -0.39 is 0 Å². The summed E-state index contributed by atoms with van der Waals surface area (Å²) in [6.45, 7) is 9.68. The molecule has 42 heavy (non-hydrogen) atoms. The number of ether oxygens (including phenoxy) is 2. The van der Waals surface area contributed by atoms with Crippen molar-refractivity contribution in [1.29, 1.82) is 0 Å². The highest BCUT2D eigenvalue weighted by atomic mass is 16.5. The molecular formula is C37H75NO4. The molecule has 0 aliphatic heterocycles. The number of carbonyl (C=O) groups excluding carboxylic acids is 1. The van der Waals surface area contributed by atoms with Crippen molar-refractivity contribution in [3.63, 3.8) is 0 Å². The van der Waals surface area contributed by atoms with E-state index in [9.17, 15) is 4.79 Å². The maximum Gasteiger partial charge on any atom is 0.308 e. The van der Waals surface area contributed by atoms with Crippen LogP contribution in [0.25, 0.3) is 0 Å². The second kappa shape index (κ2) is 34.8. The van der Waals surface area contributed by atoms with Crippen LogP contribution in [-0.2, 0) is 14.3 Å². The fourth-order valence-corrected chi connectivity index (χ4v) is 5.88. The fraction of sp³-hybridized carbons (Fsp3) is 0.973. The maximum absolute atomic E-state index is 13.0. The van der Waals surface area contributed by atoms with Gasteiger partial charge in [-0.2, -0.15) is 0 Å². The molecule has 0 aliphatic rings. The first-order valence-corrected chi connectivity index (χ1v) is 18.7. The lowest BCUT2D eigenvalue weighted by atomic mass is 9.94. The van der Waals surface area contributed by atoms with Crippen molar-refractivity contribution in [1.82, 2.24) is 4.90 Å². The second-order valence-corrected chi connectivity index (χ2v) is 12.8. The highest BCUT2D eigenvalue weighted by Gasteiger charge is 2.19. The Balaban J connectivity index is 4.23. The molecule has 0 aromatic heterocycles. The molecule has 5 heteroatoms. The highest BCUT2D eigenvalue weighted by Crippen LogP contribution is 2.21. The van der Waals surface area contributed by atoms with Crippen LogP contribution in [0.4, 0.5) is 0 Å². The van der Waals surface area contributed by atoms with Gasteiger partial charge in [0.1, 0.15) is 0 Å². The minimum atomic E-state index is 0.0760. The molecule has 0 bridgehead atoms. The number of hydrogen-bond acceptors (Lipinski definition) is 5. The van der Waals surface area contributed by atoms with Crippen molar-refractivity contribution in [3.05, 3.63) is 0 Å². The van der Waals surface area contributed by atoms with Crippen LogP contribution in [0.3, 0.4) is 0 Å². The van der Waals surface area contributed by atoms with Gasteiger partial charge in [0, 0.05) is 20.3 Å². The summed E-state index contributed by atoms with van der Waals surface area (Å²) < 4.78 is 11.0. The molecule has 0 heterocycles. The van der Waals surface area contributed by atoms with Crippen LogP contribution in [0, 0.1) is 5.92 Å². The van der Waals surface area contributed by atoms with Gasteiger partial charge in [0.15, 0.2) is 0 Å². The van der Waals surface area contributed by atoms with Crippen LogP contribution in [-0.4, -0.2) is 62.5 Å². The first-order valence-electron chi connectivity index (χ1n) is 18.7. The Morgan fingerprint density at radius 1 is 0.548 bits per heavy atom. The molecule has 0 aromatic rings. The SMILES string of the molecule is CCCCCCCCCCC(CCCCCCCC)C(=O)OCCCCCCN(CCCCO)CCCCCCOC. The third-order valence-corrected chi connectivity index (χ3v) is 8.71. The fourth-order valence-electron chi connectivity index (χ4n) is 5.88. The van der Waals surface area contributed by atoms with Gasteiger partial charge < -0.3 is 19.5 Å². The van der Waals surface area contributed by atoms with Gasteiger partial charge >= 0.3 is 5.97 Å². The predicted octanol–water partition coefficient (Wildman–Crippen LogP) is 10.3. The number of carbonyl (C=O) groups is 1. The zero-order chi connectivity index (χ0) is 30.8. The molecule has 0 aliphatic carbocycles. The van der Waals surface area contributed by atoms with Crippen LogP contribution in [0.2, 0.25) is 0 Å². The average molecular weight is 598 g/mol. The number of hydrogen-bond donors (Lipinski definition) is 1. The van der Waals surface area contributed by atoms with E-state index in [4.69, 9.17) is 14.6 Å². The number of rotatable bonds is 35. The summed E-state index contributed by atoms with van der Waals surface area (Å²) >= 11 is 0. The van der Waals surface area contributed by atoms with Crippen molar-refractivity contribution in [2.75, 3.05) is 46.6 Å². The lowest BCUT2D eigenvalue weighted by Crippen LogP contribution is -2.27. The Morgan fingerprint density at radius 3 is 1.43 bits per heavy atom. The first kappa shape index (κ1) is 41.4. The molecule has 1 atom stereocenters. The van der Waals surface area contributed by atoms with Crippen molar-refractivity contribution >= 4 is 5.97 Å². The quantitative estimate of drug-likeness (QED) is 0.0582. The Kier molecular flexibility index (Phi) is 34.3.